The molecule has 0 fully saturated rings. The number of carbonyl (C=O) groups is 2. The lowest BCUT2D eigenvalue weighted by Crippen LogP contribution is -2.45. The van der Waals surface area contributed by atoms with Gasteiger partial charge in [0.2, 0.25) is 0 Å². The number of amides is 2. The van der Waals surface area contributed by atoms with E-state index in [4.69, 9.17) is 8.83 Å². The summed E-state index contributed by atoms with van der Waals surface area (Å²) < 4.78 is 11.6. The lowest BCUT2D eigenvalue weighted by atomic mass is 10.2. The van der Waals surface area contributed by atoms with Gasteiger partial charge in [0, 0.05) is 0 Å². The van der Waals surface area contributed by atoms with Crippen molar-refractivity contribution < 1.29 is 18.4 Å². The van der Waals surface area contributed by atoms with E-state index in [0.29, 0.717) is 28.2 Å². The van der Waals surface area contributed by atoms with Gasteiger partial charge in [0.05, 0.1) is 11.1 Å². The Kier molecular flexibility index (Phi) is 4.18. The summed E-state index contributed by atoms with van der Waals surface area (Å²) in [5, 5.41) is 0. The van der Waals surface area contributed by atoms with Crippen molar-refractivity contribution in [2.24, 2.45) is 0 Å². The first-order valence-electron chi connectivity index (χ1n) is 7.66. The van der Waals surface area contributed by atoms with E-state index >= 15 is 0 Å². The second kappa shape index (κ2) is 6.31. The van der Waals surface area contributed by atoms with Crippen LogP contribution in [0.15, 0.2) is 44.0 Å². The van der Waals surface area contributed by atoms with Gasteiger partial charge in [-0.2, -0.15) is 0 Å². The van der Waals surface area contributed by atoms with Gasteiger partial charge in [-0.25, -0.2) is 4.79 Å². The second-order valence-corrected chi connectivity index (χ2v) is 5.65. The van der Waals surface area contributed by atoms with Crippen LogP contribution in [0.4, 0.5) is 0 Å². The summed E-state index contributed by atoms with van der Waals surface area (Å²) >= 11 is 0. The molecule has 0 aliphatic carbocycles. The highest BCUT2D eigenvalue weighted by Gasteiger charge is 2.22. The number of aryl methyl sites for hydroxylation is 2. The second-order valence-electron chi connectivity index (χ2n) is 5.65. The quantitative estimate of drug-likeness (QED) is 0.706. The summed E-state index contributed by atoms with van der Waals surface area (Å²) in [6.07, 6.45) is 0. The van der Waals surface area contributed by atoms with Crippen LogP contribution in [0.3, 0.4) is 0 Å². The number of nitrogens with zero attached hydrogens (tertiary/aromatic N) is 1. The molecule has 3 aromatic rings. The van der Waals surface area contributed by atoms with Crippen molar-refractivity contribution in [3.05, 3.63) is 58.0 Å². The molecule has 2 heterocycles. The zero-order chi connectivity index (χ0) is 18.1. The van der Waals surface area contributed by atoms with Gasteiger partial charge in [-0.05, 0) is 39.0 Å². The fraction of sp³-hybridized carbons (Fsp3) is 0.235. The largest absolute Gasteiger partial charge is 0.466 e. The third-order valence-electron chi connectivity index (χ3n) is 3.87. The van der Waals surface area contributed by atoms with Crippen LogP contribution in [0.25, 0.3) is 11.1 Å². The molecular weight excluding hydrogens is 326 g/mol. The number of hydrazine groups is 1. The number of para-hydroxylation sites is 2. The molecule has 0 spiro atoms. The minimum Gasteiger partial charge on any atom is -0.466 e. The number of oxazole rings is 1. The summed E-state index contributed by atoms with van der Waals surface area (Å²) in [4.78, 5) is 36.4. The van der Waals surface area contributed by atoms with Crippen LogP contribution in [0.5, 0.6) is 0 Å². The zero-order valence-electron chi connectivity index (χ0n) is 14.0. The number of furan rings is 1. The van der Waals surface area contributed by atoms with E-state index < -0.39 is 23.6 Å². The zero-order valence-corrected chi connectivity index (χ0v) is 14.0. The fourth-order valence-corrected chi connectivity index (χ4v) is 2.61. The Morgan fingerprint density at radius 3 is 2.52 bits per heavy atom. The number of hydrogen-bond donors (Lipinski definition) is 2. The predicted molar refractivity (Wildman–Crippen MR) is 89.0 cm³/mol. The maximum Gasteiger partial charge on any atom is 0.420 e. The van der Waals surface area contributed by atoms with Gasteiger partial charge in [0.1, 0.15) is 17.6 Å². The van der Waals surface area contributed by atoms with Crippen LogP contribution in [0.1, 0.15) is 34.8 Å². The SMILES string of the molecule is Cc1cc(C(=O)NNC(=O)C(C)n2c(=O)oc3ccccc32)c(C)o1. The van der Waals surface area contributed by atoms with Crippen molar-refractivity contribution in [2.75, 3.05) is 0 Å². The van der Waals surface area contributed by atoms with Crippen LogP contribution < -0.4 is 16.6 Å². The molecule has 0 aliphatic heterocycles. The number of benzene rings is 1. The Morgan fingerprint density at radius 2 is 1.84 bits per heavy atom. The Balaban J connectivity index is 1.74. The summed E-state index contributed by atoms with van der Waals surface area (Å²) in [7, 11) is 0. The number of carbonyl (C=O) groups excluding carboxylic acids is 2. The first kappa shape index (κ1) is 16.6. The summed E-state index contributed by atoms with van der Waals surface area (Å²) in [6, 6.07) is 7.50. The number of fused-ring (bicyclic) bond motifs is 1. The Labute approximate surface area is 142 Å². The van der Waals surface area contributed by atoms with Crippen LogP contribution in [0, 0.1) is 13.8 Å². The van der Waals surface area contributed by atoms with E-state index in [2.05, 4.69) is 10.9 Å². The minimum absolute atomic E-state index is 0.330. The van der Waals surface area contributed by atoms with Gasteiger partial charge in [-0.15, -0.1) is 0 Å². The highest BCUT2D eigenvalue weighted by Crippen LogP contribution is 2.16. The Morgan fingerprint density at radius 1 is 1.12 bits per heavy atom. The van der Waals surface area contributed by atoms with Gasteiger partial charge in [0.15, 0.2) is 5.58 Å². The number of hydrogen-bond acceptors (Lipinski definition) is 5. The van der Waals surface area contributed by atoms with E-state index in [1.54, 1.807) is 44.2 Å². The molecule has 1 aromatic carbocycles. The number of nitrogens with one attached hydrogen (secondary N) is 2. The molecule has 1 unspecified atom stereocenters. The molecule has 8 heteroatoms. The summed E-state index contributed by atoms with van der Waals surface area (Å²) in [5.41, 5.74) is 5.86. The molecule has 0 bridgehead atoms. The highest BCUT2D eigenvalue weighted by molar-refractivity contribution is 5.96. The molecule has 2 amide bonds. The first-order valence-corrected chi connectivity index (χ1v) is 7.66. The van der Waals surface area contributed by atoms with E-state index in [9.17, 15) is 14.4 Å². The van der Waals surface area contributed by atoms with Crippen molar-refractivity contribution in [1.29, 1.82) is 0 Å². The standard InChI is InChI=1S/C17H17N3O5/c1-9-8-12(11(3)24-9)16(22)19-18-15(21)10(2)20-13-6-4-5-7-14(13)25-17(20)23/h4-8,10H,1-3H3,(H,18,21)(H,19,22). The maximum atomic E-state index is 12.3. The molecule has 0 aliphatic rings. The minimum atomic E-state index is -0.872. The Hall–Kier alpha value is -3.29. The van der Waals surface area contributed by atoms with Crippen molar-refractivity contribution in [3.8, 4) is 0 Å². The van der Waals surface area contributed by atoms with Crippen molar-refractivity contribution in [3.63, 3.8) is 0 Å². The third kappa shape index (κ3) is 3.06. The highest BCUT2D eigenvalue weighted by atomic mass is 16.4. The van der Waals surface area contributed by atoms with E-state index in [-0.39, 0.29) is 0 Å². The molecule has 0 saturated heterocycles. The fourth-order valence-electron chi connectivity index (χ4n) is 2.61. The molecule has 0 saturated carbocycles. The molecule has 2 aromatic heterocycles. The molecule has 25 heavy (non-hydrogen) atoms. The molecule has 3 rings (SSSR count). The van der Waals surface area contributed by atoms with Crippen LogP contribution in [-0.4, -0.2) is 16.4 Å². The van der Waals surface area contributed by atoms with Gasteiger partial charge >= 0.3 is 5.76 Å². The van der Waals surface area contributed by atoms with E-state index in [0.717, 1.165) is 0 Å². The van der Waals surface area contributed by atoms with Crippen LogP contribution >= 0.6 is 0 Å². The Bertz CT molecular complexity index is 1010. The lowest BCUT2D eigenvalue weighted by molar-refractivity contribution is -0.124. The van der Waals surface area contributed by atoms with Gasteiger partial charge in [0.25, 0.3) is 11.8 Å². The average molecular weight is 343 g/mol. The molecule has 130 valence electrons. The molecular formula is C17H17N3O5. The van der Waals surface area contributed by atoms with E-state index in [1.807, 2.05) is 0 Å². The smallest absolute Gasteiger partial charge is 0.420 e. The number of aromatic nitrogens is 1. The van der Waals surface area contributed by atoms with Gasteiger partial charge in [-0.1, -0.05) is 12.1 Å². The lowest BCUT2D eigenvalue weighted by Gasteiger charge is -2.13. The molecule has 2 N–H and O–H groups in total. The number of rotatable bonds is 3. The monoisotopic (exact) mass is 343 g/mol. The average Bonchev–Trinajstić information content (AvgIpc) is 3.09. The normalized spacial score (nSPS) is 12.1. The molecule has 1 atom stereocenters. The third-order valence-corrected chi connectivity index (χ3v) is 3.87. The predicted octanol–water partition coefficient (Wildman–Crippen LogP) is 1.83. The van der Waals surface area contributed by atoms with Crippen LogP contribution in [0.2, 0.25) is 0 Å². The molecule has 8 nitrogen and oxygen atoms in total. The summed E-state index contributed by atoms with van der Waals surface area (Å²) in [6.45, 7) is 4.92. The summed E-state index contributed by atoms with van der Waals surface area (Å²) in [5.74, 6) is -0.649. The van der Waals surface area contributed by atoms with Crippen molar-refractivity contribution >= 4 is 22.9 Å². The van der Waals surface area contributed by atoms with E-state index in [1.165, 1.54) is 11.5 Å². The van der Waals surface area contributed by atoms with Gasteiger partial charge in [-0.3, -0.25) is 25.0 Å². The first-order chi connectivity index (χ1) is 11.9. The topological polar surface area (TPSA) is 106 Å². The van der Waals surface area contributed by atoms with Gasteiger partial charge < -0.3 is 8.83 Å². The van der Waals surface area contributed by atoms with Crippen molar-refractivity contribution in [1.82, 2.24) is 15.4 Å². The molecule has 0 radical (unpaired) electrons. The van der Waals surface area contributed by atoms with Crippen LogP contribution in [-0.2, 0) is 4.79 Å². The maximum absolute atomic E-state index is 12.3. The van der Waals surface area contributed by atoms with Crippen molar-refractivity contribution in [2.45, 2.75) is 26.8 Å².